The summed E-state index contributed by atoms with van der Waals surface area (Å²) in [5.74, 6) is 0.220. The van der Waals surface area contributed by atoms with Gasteiger partial charge >= 0.3 is 0 Å². The van der Waals surface area contributed by atoms with E-state index in [0.717, 1.165) is 37.7 Å². The van der Waals surface area contributed by atoms with E-state index in [1.165, 1.54) is 5.56 Å². The summed E-state index contributed by atoms with van der Waals surface area (Å²) in [7, 11) is 0. The molecule has 1 unspecified atom stereocenters. The fourth-order valence-electron chi connectivity index (χ4n) is 4.17. The van der Waals surface area contributed by atoms with Crippen LogP contribution in [0.25, 0.3) is 0 Å². The van der Waals surface area contributed by atoms with E-state index in [9.17, 15) is 9.59 Å². The lowest BCUT2D eigenvalue weighted by atomic mass is 10.1. The quantitative estimate of drug-likeness (QED) is 0.457. The molecule has 178 valence electrons. The molecular formula is C26H32Cl2N2O3. The van der Waals surface area contributed by atoms with Crippen LogP contribution in [-0.4, -0.2) is 35.4 Å². The zero-order valence-corrected chi connectivity index (χ0v) is 20.8. The van der Waals surface area contributed by atoms with Gasteiger partial charge in [-0.1, -0.05) is 68.1 Å². The van der Waals surface area contributed by atoms with Crippen LogP contribution in [0.2, 0.25) is 10.0 Å². The van der Waals surface area contributed by atoms with Crippen molar-refractivity contribution in [2.24, 2.45) is 0 Å². The maximum atomic E-state index is 13.3. The monoisotopic (exact) mass is 490 g/mol. The molecule has 1 saturated carbocycles. The van der Waals surface area contributed by atoms with Gasteiger partial charge in [0.2, 0.25) is 5.91 Å². The van der Waals surface area contributed by atoms with Gasteiger partial charge in [0.15, 0.2) is 6.61 Å². The van der Waals surface area contributed by atoms with Crippen molar-refractivity contribution in [3.63, 3.8) is 0 Å². The maximum Gasteiger partial charge on any atom is 0.261 e. The molecule has 0 saturated heterocycles. The van der Waals surface area contributed by atoms with Crippen LogP contribution in [0, 0.1) is 0 Å². The predicted molar refractivity (Wildman–Crippen MR) is 133 cm³/mol. The number of hydrogen-bond acceptors (Lipinski definition) is 3. The molecular weight excluding hydrogens is 459 g/mol. The third-order valence-corrected chi connectivity index (χ3v) is 6.72. The third-order valence-electron chi connectivity index (χ3n) is 6.14. The van der Waals surface area contributed by atoms with Crippen molar-refractivity contribution in [1.82, 2.24) is 10.2 Å². The minimum Gasteiger partial charge on any atom is -0.484 e. The Kier molecular flexibility index (Phi) is 9.45. The molecule has 2 aromatic carbocycles. The molecule has 0 spiro atoms. The highest BCUT2D eigenvalue weighted by molar-refractivity contribution is 6.35. The standard InChI is InChI=1S/C26H32Cl2N2O3/c1-3-18-9-13-22(14-10-18)33-17-25(31)30(16-19-11-12-20(27)15-23(19)28)24(4-2)26(32)29-21-7-5-6-8-21/h9-15,21,24H,3-8,16-17H2,1-2H3,(H,29,32). The number of carbonyl (C=O) groups is 2. The first kappa shape index (κ1) is 25.4. The molecule has 1 aliphatic rings. The molecule has 5 nitrogen and oxygen atoms in total. The number of rotatable bonds is 10. The molecule has 0 radical (unpaired) electrons. The topological polar surface area (TPSA) is 58.6 Å². The minimum atomic E-state index is -0.615. The zero-order valence-electron chi connectivity index (χ0n) is 19.3. The highest BCUT2D eigenvalue weighted by atomic mass is 35.5. The first-order chi connectivity index (χ1) is 15.9. The molecule has 33 heavy (non-hydrogen) atoms. The summed E-state index contributed by atoms with van der Waals surface area (Å²) >= 11 is 12.4. The summed E-state index contributed by atoms with van der Waals surface area (Å²) in [5, 5.41) is 4.11. The fourth-order valence-corrected chi connectivity index (χ4v) is 4.64. The van der Waals surface area contributed by atoms with Crippen LogP contribution in [0.3, 0.4) is 0 Å². The van der Waals surface area contributed by atoms with E-state index in [1.807, 2.05) is 31.2 Å². The van der Waals surface area contributed by atoms with E-state index < -0.39 is 6.04 Å². The number of amides is 2. The summed E-state index contributed by atoms with van der Waals surface area (Å²) in [5.41, 5.74) is 1.93. The van der Waals surface area contributed by atoms with Gasteiger partial charge in [-0.05, 0) is 61.1 Å². The van der Waals surface area contributed by atoms with Gasteiger partial charge in [0.1, 0.15) is 11.8 Å². The molecule has 1 N–H and O–H groups in total. The minimum absolute atomic E-state index is 0.130. The highest BCUT2D eigenvalue weighted by Crippen LogP contribution is 2.24. The summed E-state index contributed by atoms with van der Waals surface area (Å²) in [6, 6.07) is 12.4. The number of aryl methyl sites for hydroxylation is 1. The van der Waals surface area contributed by atoms with Crippen LogP contribution in [0.5, 0.6) is 5.75 Å². The normalized spacial score (nSPS) is 14.7. The smallest absolute Gasteiger partial charge is 0.261 e. The molecule has 1 aliphatic carbocycles. The lowest BCUT2D eigenvalue weighted by Gasteiger charge is -2.31. The van der Waals surface area contributed by atoms with Gasteiger partial charge in [-0.25, -0.2) is 0 Å². The van der Waals surface area contributed by atoms with Crippen LogP contribution in [0.4, 0.5) is 0 Å². The van der Waals surface area contributed by atoms with Gasteiger partial charge in [0.05, 0.1) is 0 Å². The van der Waals surface area contributed by atoms with Crippen molar-refractivity contribution in [2.45, 2.75) is 71.0 Å². The van der Waals surface area contributed by atoms with E-state index in [4.69, 9.17) is 27.9 Å². The first-order valence-corrected chi connectivity index (χ1v) is 12.4. The van der Waals surface area contributed by atoms with E-state index in [2.05, 4.69) is 12.2 Å². The summed E-state index contributed by atoms with van der Waals surface area (Å²) in [4.78, 5) is 28.0. The Morgan fingerprint density at radius 3 is 2.39 bits per heavy atom. The molecule has 1 atom stereocenters. The van der Waals surface area contributed by atoms with Crippen molar-refractivity contribution in [3.8, 4) is 5.75 Å². The van der Waals surface area contributed by atoms with Crippen LogP contribution in [-0.2, 0) is 22.6 Å². The Labute approximate surface area is 206 Å². The Morgan fingerprint density at radius 1 is 1.09 bits per heavy atom. The molecule has 2 amide bonds. The van der Waals surface area contributed by atoms with E-state index >= 15 is 0 Å². The maximum absolute atomic E-state index is 13.3. The Balaban J connectivity index is 1.77. The summed E-state index contributed by atoms with van der Waals surface area (Å²) < 4.78 is 5.77. The van der Waals surface area contributed by atoms with Gasteiger partial charge in [0, 0.05) is 22.6 Å². The van der Waals surface area contributed by atoms with Crippen molar-refractivity contribution in [2.75, 3.05) is 6.61 Å². The first-order valence-electron chi connectivity index (χ1n) is 11.7. The SMILES string of the molecule is CCc1ccc(OCC(=O)N(Cc2ccc(Cl)cc2Cl)C(CC)C(=O)NC2CCCC2)cc1. The average molecular weight is 491 g/mol. The van der Waals surface area contributed by atoms with Crippen molar-refractivity contribution in [3.05, 3.63) is 63.6 Å². The number of ether oxygens (including phenoxy) is 1. The summed E-state index contributed by atoms with van der Waals surface area (Å²) in [6.45, 7) is 4.03. The van der Waals surface area contributed by atoms with Gasteiger partial charge < -0.3 is 15.0 Å². The number of hydrogen-bond donors (Lipinski definition) is 1. The van der Waals surface area contributed by atoms with Gasteiger partial charge in [-0.15, -0.1) is 0 Å². The molecule has 7 heteroatoms. The number of benzene rings is 2. The van der Waals surface area contributed by atoms with Crippen molar-refractivity contribution in [1.29, 1.82) is 0 Å². The van der Waals surface area contributed by atoms with Crippen LogP contribution < -0.4 is 10.1 Å². The lowest BCUT2D eigenvalue weighted by molar-refractivity contribution is -0.143. The van der Waals surface area contributed by atoms with Gasteiger partial charge in [-0.3, -0.25) is 9.59 Å². The molecule has 0 bridgehead atoms. The fraction of sp³-hybridized carbons (Fsp3) is 0.462. The molecule has 1 fully saturated rings. The second kappa shape index (κ2) is 12.3. The molecule has 0 aromatic heterocycles. The molecule has 2 aromatic rings. The van der Waals surface area contributed by atoms with Crippen LogP contribution in [0.15, 0.2) is 42.5 Å². The second-order valence-electron chi connectivity index (χ2n) is 8.46. The lowest BCUT2D eigenvalue weighted by Crippen LogP contribution is -2.52. The number of nitrogens with one attached hydrogen (secondary N) is 1. The Hall–Kier alpha value is -2.24. The van der Waals surface area contributed by atoms with Gasteiger partial charge in [-0.2, -0.15) is 0 Å². The molecule has 0 aliphatic heterocycles. The Morgan fingerprint density at radius 2 is 1.79 bits per heavy atom. The largest absolute Gasteiger partial charge is 0.484 e. The predicted octanol–water partition coefficient (Wildman–Crippen LogP) is 5.80. The third kappa shape index (κ3) is 7.12. The highest BCUT2D eigenvalue weighted by Gasteiger charge is 2.31. The number of nitrogens with zero attached hydrogens (tertiary/aromatic N) is 1. The van der Waals surface area contributed by atoms with Gasteiger partial charge in [0.25, 0.3) is 5.91 Å². The van der Waals surface area contributed by atoms with E-state index in [0.29, 0.717) is 22.2 Å². The Bertz CT molecular complexity index is 943. The van der Waals surface area contributed by atoms with Crippen LogP contribution in [0.1, 0.15) is 57.1 Å². The second-order valence-corrected chi connectivity index (χ2v) is 9.30. The van der Waals surface area contributed by atoms with Crippen LogP contribution >= 0.6 is 23.2 Å². The number of carbonyl (C=O) groups excluding carboxylic acids is 2. The van der Waals surface area contributed by atoms with E-state index in [1.54, 1.807) is 23.1 Å². The zero-order chi connectivity index (χ0) is 23.8. The van der Waals surface area contributed by atoms with E-state index in [-0.39, 0.29) is 31.0 Å². The van der Waals surface area contributed by atoms with Crippen molar-refractivity contribution < 1.29 is 14.3 Å². The average Bonchev–Trinajstić information content (AvgIpc) is 3.32. The van der Waals surface area contributed by atoms with Crippen molar-refractivity contribution >= 4 is 35.0 Å². The molecule has 0 heterocycles. The number of halogens is 2. The summed E-state index contributed by atoms with van der Waals surface area (Å²) in [6.07, 6.45) is 5.63. The molecule has 3 rings (SSSR count).